The van der Waals surface area contributed by atoms with Crippen LogP contribution in [-0.4, -0.2) is 0 Å². The molecule has 0 bridgehead atoms. The van der Waals surface area contributed by atoms with Crippen LogP contribution in [0.5, 0.6) is 23.0 Å². The first-order chi connectivity index (χ1) is 26.3. The van der Waals surface area contributed by atoms with E-state index in [4.69, 9.17) is 9.47 Å². The lowest BCUT2D eigenvalue weighted by atomic mass is 9.67. The van der Waals surface area contributed by atoms with Gasteiger partial charge in [-0.05, 0) is 101 Å². The Morgan fingerprint density at radius 2 is 1.02 bits per heavy atom. The van der Waals surface area contributed by atoms with Crippen LogP contribution in [0.3, 0.4) is 0 Å². The van der Waals surface area contributed by atoms with Crippen LogP contribution in [0.15, 0.2) is 188 Å². The third-order valence-corrected chi connectivity index (χ3v) is 12.0. The topological polar surface area (TPSA) is 21.7 Å². The van der Waals surface area contributed by atoms with Crippen molar-refractivity contribution in [2.45, 2.75) is 5.41 Å². The van der Waals surface area contributed by atoms with Crippen molar-refractivity contribution >= 4 is 48.6 Å². The fourth-order valence-corrected chi connectivity index (χ4v) is 9.64. The summed E-state index contributed by atoms with van der Waals surface area (Å²) >= 11 is 1.85. The summed E-state index contributed by atoms with van der Waals surface area (Å²) in [6.07, 6.45) is 0. The summed E-state index contributed by atoms with van der Waals surface area (Å²) in [5, 5.41) is 2.56. The molecule has 2 heterocycles. The van der Waals surface area contributed by atoms with Crippen molar-refractivity contribution in [3.63, 3.8) is 0 Å². The zero-order chi connectivity index (χ0) is 34.9. The minimum atomic E-state index is -0.638. The largest absolute Gasteiger partial charge is 0.449 e. The zero-order valence-corrected chi connectivity index (χ0v) is 29.4. The smallest absolute Gasteiger partial charge is 0.178 e. The SMILES string of the molecule is c1ccc(N(c2ccccc2)c2ccc(C3(c4ccc5sc6ccccc6c5c4)c4ccccc4-c4c3ccc3c4Oc4ccccc4O3)cc2)cc1. The quantitative estimate of drug-likeness (QED) is 0.179. The molecule has 0 radical (unpaired) electrons. The van der Waals surface area contributed by atoms with E-state index < -0.39 is 5.41 Å². The van der Waals surface area contributed by atoms with Gasteiger partial charge in [0.2, 0.25) is 0 Å². The molecule has 0 amide bonds. The van der Waals surface area contributed by atoms with E-state index >= 15 is 0 Å². The lowest BCUT2D eigenvalue weighted by Gasteiger charge is -2.35. The molecule has 3 nitrogen and oxygen atoms in total. The number of hydrogen-bond donors (Lipinski definition) is 0. The second-order valence-electron chi connectivity index (χ2n) is 13.6. The molecule has 1 aromatic heterocycles. The molecule has 1 aliphatic carbocycles. The van der Waals surface area contributed by atoms with Gasteiger partial charge >= 0.3 is 0 Å². The number of rotatable bonds is 5. The molecule has 0 fully saturated rings. The molecular weight excluding hydrogens is 667 g/mol. The molecule has 1 unspecified atom stereocenters. The first kappa shape index (κ1) is 30.0. The van der Waals surface area contributed by atoms with Crippen LogP contribution >= 0.6 is 11.3 Å². The molecule has 8 aromatic carbocycles. The molecule has 0 spiro atoms. The first-order valence-electron chi connectivity index (χ1n) is 17.9. The van der Waals surface area contributed by atoms with Gasteiger partial charge in [0.05, 0.1) is 5.41 Å². The summed E-state index contributed by atoms with van der Waals surface area (Å²) in [6.45, 7) is 0. The predicted octanol–water partition coefficient (Wildman–Crippen LogP) is 13.8. The second kappa shape index (κ2) is 11.7. The second-order valence-corrected chi connectivity index (χ2v) is 14.7. The van der Waals surface area contributed by atoms with Crippen LogP contribution in [0.25, 0.3) is 31.3 Å². The van der Waals surface area contributed by atoms with Crippen molar-refractivity contribution in [2.75, 3.05) is 4.90 Å². The van der Waals surface area contributed by atoms with Crippen LogP contribution in [-0.2, 0) is 5.41 Å². The third kappa shape index (κ3) is 4.46. The Labute approximate surface area is 311 Å². The van der Waals surface area contributed by atoms with E-state index in [9.17, 15) is 0 Å². The molecule has 1 atom stereocenters. The Balaban J connectivity index is 1.18. The summed E-state index contributed by atoms with van der Waals surface area (Å²) in [5.41, 5.74) is 9.69. The van der Waals surface area contributed by atoms with Gasteiger partial charge in [0.1, 0.15) is 0 Å². The van der Waals surface area contributed by atoms with Crippen molar-refractivity contribution in [1.29, 1.82) is 0 Å². The maximum Gasteiger partial charge on any atom is 0.178 e. The summed E-state index contributed by atoms with van der Waals surface area (Å²) in [6, 6.07) is 67.2. The van der Waals surface area contributed by atoms with Gasteiger partial charge in [-0.25, -0.2) is 0 Å². The monoisotopic (exact) mass is 697 g/mol. The number of fused-ring (bicyclic) bond motifs is 9. The lowest BCUT2D eigenvalue weighted by molar-refractivity contribution is 0.360. The maximum atomic E-state index is 6.78. The number of nitrogens with zero attached hydrogens (tertiary/aromatic N) is 1. The molecule has 2 aliphatic rings. The van der Waals surface area contributed by atoms with Gasteiger partial charge in [0.25, 0.3) is 0 Å². The van der Waals surface area contributed by atoms with Crippen molar-refractivity contribution < 1.29 is 9.47 Å². The van der Waals surface area contributed by atoms with Gasteiger partial charge in [-0.1, -0.05) is 115 Å². The van der Waals surface area contributed by atoms with Gasteiger partial charge < -0.3 is 14.4 Å². The molecule has 0 N–H and O–H groups in total. The number of para-hydroxylation sites is 4. The fourth-order valence-electron chi connectivity index (χ4n) is 8.56. The Morgan fingerprint density at radius 3 is 1.79 bits per heavy atom. The van der Waals surface area contributed by atoms with E-state index in [1.54, 1.807) is 0 Å². The predicted molar refractivity (Wildman–Crippen MR) is 218 cm³/mol. The van der Waals surface area contributed by atoms with Crippen LogP contribution in [0.4, 0.5) is 17.1 Å². The Bertz CT molecular complexity index is 2810. The molecule has 4 heteroatoms. The van der Waals surface area contributed by atoms with E-state index in [1.807, 2.05) is 35.6 Å². The van der Waals surface area contributed by atoms with E-state index in [2.05, 4.69) is 169 Å². The summed E-state index contributed by atoms with van der Waals surface area (Å²) in [4.78, 5) is 2.32. The highest BCUT2D eigenvalue weighted by Crippen LogP contribution is 2.62. The Kier molecular flexibility index (Phi) is 6.64. The van der Waals surface area contributed by atoms with Crippen molar-refractivity contribution in [1.82, 2.24) is 0 Å². The minimum absolute atomic E-state index is 0.638. The van der Waals surface area contributed by atoms with Gasteiger partial charge in [-0.3, -0.25) is 0 Å². The van der Waals surface area contributed by atoms with Crippen LogP contribution in [0.2, 0.25) is 0 Å². The molecule has 1 aliphatic heterocycles. The van der Waals surface area contributed by atoms with Crippen molar-refractivity contribution in [3.05, 3.63) is 210 Å². The number of benzene rings is 8. The van der Waals surface area contributed by atoms with E-state index in [0.717, 1.165) is 51.2 Å². The third-order valence-electron chi connectivity index (χ3n) is 10.8. The van der Waals surface area contributed by atoms with E-state index in [0.29, 0.717) is 0 Å². The number of hydrogen-bond acceptors (Lipinski definition) is 4. The zero-order valence-electron chi connectivity index (χ0n) is 28.6. The highest BCUT2D eigenvalue weighted by molar-refractivity contribution is 7.25. The van der Waals surface area contributed by atoms with Crippen LogP contribution in [0, 0.1) is 0 Å². The number of anilines is 3. The Hall–Kier alpha value is -6.62. The van der Waals surface area contributed by atoms with Crippen molar-refractivity contribution in [3.8, 4) is 34.1 Å². The number of thiophene rings is 1. The highest BCUT2D eigenvalue weighted by atomic mass is 32.1. The maximum absolute atomic E-state index is 6.78. The van der Waals surface area contributed by atoms with Crippen LogP contribution in [0.1, 0.15) is 22.3 Å². The van der Waals surface area contributed by atoms with Gasteiger partial charge in [0.15, 0.2) is 23.0 Å². The highest BCUT2D eigenvalue weighted by Gasteiger charge is 2.48. The number of ether oxygens (including phenoxy) is 2. The summed E-state index contributed by atoms with van der Waals surface area (Å²) in [7, 11) is 0. The molecule has 0 saturated heterocycles. The molecule has 11 rings (SSSR count). The normalized spacial score (nSPS) is 15.2. The van der Waals surface area contributed by atoms with Crippen molar-refractivity contribution in [2.24, 2.45) is 0 Å². The average molecular weight is 698 g/mol. The summed E-state index contributed by atoms with van der Waals surface area (Å²) < 4.78 is 15.8. The van der Waals surface area contributed by atoms with Gasteiger partial charge in [-0.15, -0.1) is 11.3 Å². The first-order valence-corrected chi connectivity index (χ1v) is 18.7. The fraction of sp³-hybridized carbons (Fsp3) is 0.0204. The molecule has 250 valence electrons. The Morgan fingerprint density at radius 1 is 0.415 bits per heavy atom. The van der Waals surface area contributed by atoms with Crippen LogP contribution < -0.4 is 14.4 Å². The molecule has 0 saturated carbocycles. The van der Waals surface area contributed by atoms with Gasteiger partial charge in [0, 0.05) is 42.8 Å². The van der Waals surface area contributed by atoms with E-state index in [-0.39, 0.29) is 0 Å². The molecule has 9 aromatic rings. The molecular formula is C49H31NO2S. The molecule has 53 heavy (non-hydrogen) atoms. The summed E-state index contributed by atoms with van der Waals surface area (Å²) in [5.74, 6) is 2.93. The minimum Gasteiger partial charge on any atom is -0.449 e. The average Bonchev–Trinajstić information content (AvgIpc) is 3.75. The lowest BCUT2D eigenvalue weighted by Crippen LogP contribution is -2.28. The standard InChI is InChI=1S/C49H31NO2S/c1-3-13-34(14-4-1)50(35-15-5-2-6-16-35)36-26-23-32(24-27-36)49(33-25-30-46-39(31-33)37-17-8-12-22-45(37)53-46)40-19-9-7-18-38(40)47-41(49)28-29-44-48(47)52-43-21-11-10-20-42(43)51-44/h1-31H. The van der Waals surface area contributed by atoms with Gasteiger partial charge in [-0.2, -0.15) is 0 Å². The van der Waals surface area contributed by atoms with E-state index in [1.165, 1.54) is 42.4 Å².